The SMILES string of the molecule is Cc1cc(N2CCCC(O)(CN(C)C)C2)c2nncn2n1. The molecular weight excluding hydrogens is 268 g/mol. The third-order valence-corrected chi connectivity index (χ3v) is 3.88. The molecule has 1 unspecified atom stereocenters. The van der Waals surface area contributed by atoms with Gasteiger partial charge in [0, 0.05) is 19.6 Å². The largest absolute Gasteiger partial charge is 0.387 e. The van der Waals surface area contributed by atoms with Crippen molar-refractivity contribution in [2.75, 3.05) is 38.6 Å². The molecule has 1 saturated heterocycles. The van der Waals surface area contributed by atoms with Gasteiger partial charge in [0.15, 0.2) is 0 Å². The van der Waals surface area contributed by atoms with E-state index in [2.05, 4.69) is 20.2 Å². The van der Waals surface area contributed by atoms with Crippen LogP contribution in [0, 0.1) is 6.92 Å². The summed E-state index contributed by atoms with van der Waals surface area (Å²) in [5.41, 5.74) is 1.97. The van der Waals surface area contributed by atoms with Crippen LogP contribution in [0.3, 0.4) is 0 Å². The molecule has 0 bridgehead atoms. The Kier molecular flexibility index (Phi) is 3.54. The number of aliphatic hydroxyl groups is 1. The van der Waals surface area contributed by atoms with Gasteiger partial charge in [-0.25, -0.2) is 0 Å². The van der Waals surface area contributed by atoms with Crippen molar-refractivity contribution in [3.63, 3.8) is 0 Å². The summed E-state index contributed by atoms with van der Waals surface area (Å²) < 4.78 is 1.70. The van der Waals surface area contributed by atoms with Gasteiger partial charge in [0.05, 0.1) is 17.0 Å². The number of hydrogen-bond acceptors (Lipinski definition) is 6. The van der Waals surface area contributed by atoms with Crippen LogP contribution in [0.15, 0.2) is 12.4 Å². The van der Waals surface area contributed by atoms with E-state index in [1.165, 1.54) is 0 Å². The Bertz CT molecular complexity index is 639. The zero-order valence-corrected chi connectivity index (χ0v) is 12.8. The van der Waals surface area contributed by atoms with Crippen molar-refractivity contribution in [1.29, 1.82) is 0 Å². The van der Waals surface area contributed by atoms with Crippen LogP contribution in [-0.4, -0.2) is 69.1 Å². The van der Waals surface area contributed by atoms with Crippen LogP contribution < -0.4 is 4.90 Å². The maximum absolute atomic E-state index is 10.8. The molecule has 0 saturated carbocycles. The van der Waals surface area contributed by atoms with Gasteiger partial charge in [-0.2, -0.15) is 9.61 Å². The van der Waals surface area contributed by atoms with Gasteiger partial charge in [-0.1, -0.05) is 0 Å². The summed E-state index contributed by atoms with van der Waals surface area (Å²) in [6.45, 7) is 4.15. The van der Waals surface area contributed by atoms with E-state index in [1.807, 2.05) is 32.0 Å². The van der Waals surface area contributed by atoms with E-state index in [0.29, 0.717) is 13.1 Å². The van der Waals surface area contributed by atoms with Crippen molar-refractivity contribution in [1.82, 2.24) is 24.7 Å². The van der Waals surface area contributed by atoms with Crippen LogP contribution in [0.5, 0.6) is 0 Å². The first-order chi connectivity index (χ1) is 9.97. The number of nitrogens with zero attached hydrogens (tertiary/aromatic N) is 6. The molecule has 0 amide bonds. The maximum atomic E-state index is 10.8. The van der Waals surface area contributed by atoms with Gasteiger partial charge in [0.25, 0.3) is 0 Å². The summed E-state index contributed by atoms with van der Waals surface area (Å²) in [5, 5.41) is 23.3. The van der Waals surface area contributed by atoms with Crippen LogP contribution in [0.1, 0.15) is 18.5 Å². The minimum absolute atomic E-state index is 0.608. The van der Waals surface area contributed by atoms with Crippen LogP contribution in [0.2, 0.25) is 0 Å². The van der Waals surface area contributed by atoms with Crippen molar-refractivity contribution in [3.05, 3.63) is 18.1 Å². The molecule has 1 fully saturated rings. The summed E-state index contributed by atoms with van der Waals surface area (Å²) in [7, 11) is 3.98. The lowest BCUT2D eigenvalue weighted by Gasteiger charge is -2.41. The summed E-state index contributed by atoms with van der Waals surface area (Å²) in [5.74, 6) is 0. The summed E-state index contributed by atoms with van der Waals surface area (Å²) >= 11 is 0. The molecule has 3 rings (SSSR count). The van der Waals surface area contributed by atoms with Crippen LogP contribution in [0.25, 0.3) is 5.65 Å². The molecule has 7 nitrogen and oxygen atoms in total. The Labute approximate surface area is 124 Å². The first-order valence-corrected chi connectivity index (χ1v) is 7.27. The minimum atomic E-state index is -0.685. The second kappa shape index (κ2) is 5.23. The predicted molar refractivity (Wildman–Crippen MR) is 80.5 cm³/mol. The van der Waals surface area contributed by atoms with Crippen LogP contribution in [0.4, 0.5) is 5.69 Å². The third-order valence-electron chi connectivity index (χ3n) is 3.88. The second-order valence-electron chi connectivity index (χ2n) is 6.26. The fourth-order valence-corrected chi connectivity index (χ4v) is 3.20. The van der Waals surface area contributed by atoms with Gasteiger partial charge < -0.3 is 14.9 Å². The molecule has 0 aliphatic carbocycles. The lowest BCUT2D eigenvalue weighted by atomic mass is 9.92. The monoisotopic (exact) mass is 290 g/mol. The molecule has 3 heterocycles. The molecule has 1 aliphatic rings. The number of aryl methyl sites for hydroxylation is 1. The molecule has 2 aromatic heterocycles. The zero-order valence-electron chi connectivity index (χ0n) is 12.8. The van der Waals surface area contributed by atoms with E-state index in [0.717, 1.165) is 36.4 Å². The smallest absolute Gasteiger partial charge is 0.200 e. The van der Waals surface area contributed by atoms with Gasteiger partial charge in [-0.3, -0.25) is 0 Å². The lowest BCUT2D eigenvalue weighted by Crippen LogP contribution is -2.53. The molecule has 2 aromatic rings. The lowest BCUT2D eigenvalue weighted by molar-refractivity contribution is 0.00373. The minimum Gasteiger partial charge on any atom is -0.387 e. The molecule has 0 radical (unpaired) electrons. The number of β-amino-alcohol motifs (C(OH)–C–C–N with tert-alkyl or cyclic N) is 1. The molecule has 1 N–H and O–H groups in total. The number of likely N-dealkylation sites (N-methyl/N-ethyl adjacent to an activating group) is 1. The summed E-state index contributed by atoms with van der Waals surface area (Å²) in [6, 6.07) is 2.02. The Morgan fingerprint density at radius 3 is 3.00 bits per heavy atom. The van der Waals surface area contributed by atoms with Crippen molar-refractivity contribution in [2.45, 2.75) is 25.4 Å². The van der Waals surface area contributed by atoms with Gasteiger partial charge >= 0.3 is 0 Å². The average molecular weight is 290 g/mol. The van der Waals surface area contributed by atoms with Crippen LogP contribution >= 0.6 is 0 Å². The van der Waals surface area contributed by atoms with E-state index >= 15 is 0 Å². The number of aromatic nitrogens is 4. The van der Waals surface area contributed by atoms with Gasteiger partial charge in [0.1, 0.15) is 6.33 Å². The highest BCUT2D eigenvalue weighted by molar-refractivity contribution is 5.68. The van der Waals surface area contributed by atoms with E-state index in [4.69, 9.17) is 0 Å². The Morgan fingerprint density at radius 1 is 1.43 bits per heavy atom. The first-order valence-electron chi connectivity index (χ1n) is 7.27. The maximum Gasteiger partial charge on any atom is 0.200 e. The Hall–Kier alpha value is -1.73. The highest BCUT2D eigenvalue weighted by atomic mass is 16.3. The average Bonchev–Trinajstić information content (AvgIpc) is 2.84. The molecule has 114 valence electrons. The van der Waals surface area contributed by atoms with Gasteiger partial charge in [-0.05, 0) is 39.9 Å². The Morgan fingerprint density at radius 2 is 2.24 bits per heavy atom. The quantitative estimate of drug-likeness (QED) is 0.878. The molecular formula is C14H22N6O. The van der Waals surface area contributed by atoms with E-state index in [9.17, 15) is 5.11 Å². The number of hydrogen-bond donors (Lipinski definition) is 1. The van der Waals surface area contributed by atoms with E-state index < -0.39 is 5.60 Å². The third kappa shape index (κ3) is 2.84. The van der Waals surface area contributed by atoms with E-state index in [1.54, 1.807) is 10.8 Å². The standard InChI is InChI=1S/C14H22N6O/c1-11-7-12(13-16-15-10-20(13)17-11)19-6-4-5-14(21,9-19)8-18(2)3/h7,10,21H,4-6,8-9H2,1-3H3. The predicted octanol–water partition coefficient (Wildman–Crippen LogP) is 0.326. The van der Waals surface area contributed by atoms with Crippen molar-refractivity contribution in [3.8, 4) is 0 Å². The summed E-state index contributed by atoms with van der Waals surface area (Å²) in [4.78, 5) is 4.24. The highest BCUT2D eigenvalue weighted by Gasteiger charge is 2.34. The van der Waals surface area contributed by atoms with Gasteiger partial charge in [0.2, 0.25) is 5.65 Å². The van der Waals surface area contributed by atoms with E-state index in [-0.39, 0.29) is 0 Å². The molecule has 1 aliphatic heterocycles. The topological polar surface area (TPSA) is 69.8 Å². The summed E-state index contributed by atoms with van der Waals surface area (Å²) in [6.07, 6.45) is 3.41. The fourth-order valence-electron chi connectivity index (χ4n) is 3.20. The molecule has 0 spiro atoms. The number of anilines is 1. The number of rotatable bonds is 3. The molecule has 1 atom stereocenters. The zero-order chi connectivity index (χ0) is 15.0. The normalized spacial score (nSPS) is 23.2. The van der Waals surface area contributed by atoms with Crippen molar-refractivity contribution < 1.29 is 5.11 Å². The molecule has 7 heteroatoms. The second-order valence-corrected chi connectivity index (χ2v) is 6.26. The number of fused-ring (bicyclic) bond motifs is 1. The molecule has 0 aromatic carbocycles. The first kappa shape index (κ1) is 14.2. The van der Waals surface area contributed by atoms with Gasteiger partial charge in [-0.15, -0.1) is 10.2 Å². The van der Waals surface area contributed by atoms with Crippen molar-refractivity contribution in [2.24, 2.45) is 0 Å². The number of piperidine rings is 1. The van der Waals surface area contributed by atoms with Crippen molar-refractivity contribution >= 4 is 11.3 Å². The molecule has 21 heavy (non-hydrogen) atoms. The highest BCUT2D eigenvalue weighted by Crippen LogP contribution is 2.28. The van der Waals surface area contributed by atoms with Crippen LogP contribution in [-0.2, 0) is 0 Å². The fraction of sp³-hybridized carbons (Fsp3) is 0.643. The Balaban J connectivity index is 1.93.